The van der Waals surface area contributed by atoms with Crippen molar-refractivity contribution in [3.63, 3.8) is 0 Å². The molecule has 0 unspecified atom stereocenters. The van der Waals surface area contributed by atoms with Gasteiger partial charge in [0, 0.05) is 18.0 Å². The average molecular weight is 237 g/mol. The number of amides is 1. The first-order chi connectivity index (χ1) is 7.84. The van der Waals surface area contributed by atoms with Crippen LogP contribution >= 0.6 is 11.3 Å². The van der Waals surface area contributed by atoms with Crippen molar-refractivity contribution in [3.05, 3.63) is 21.9 Å². The van der Waals surface area contributed by atoms with Crippen LogP contribution in [-0.4, -0.2) is 31.0 Å². The van der Waals surface area contributed by atoms with Crippen molar-refractivity contribution in [2.75, 3.05) is 19.7 Å². The van der Waals surface area contributed by atoms with Gasteiger partial charge >= 0.3 is 0 Å². The third-order valence-corrected chi connectivity index (χ3v) is 4.81. The fourth-order valence-electron chi connectivity index (χ4n) is 2.72. The molecule has 16 heavy (non-hydrogen) atoms. The summed E-state index contributed by atoms with van der Waals surface area (Å²) in [5, 5.41) is 2.16. The maximum absolute atomic E-state index is 10.7. The van der Waals surface area contributed by atoms with Crippen LogP contribution in [-0.2, 0) is 21.6 Å². The lowest BCUT2D eigenvalue weighted by molar-refractivity contribution is -0.128. The number of thiophene rings is 1. The number of ether oxygens (including phenoxy) is 1. The molecular weight excluding hydrogens is 222 g/mol. The molecule has 3 nitrogen and oxygen atoms in total. The lowest BCUT2D eigenvalue weighted by Gasteiger charge is -2.42. The molecule has 1 aromatic heterocycles. The maximum atomic E-state index is 10.7. The van der Waals surface area contributed by atoms with Crippen molar-refractivity contribution < 1.29 is 9.53 Å². The topological polar surface area (TPSA) is 29.5 Å². The summed E-state index contributed by atoms with van der Waals surface area (Å²) in [4.78, 5) is 14.0. The first kappa shape index (κ1) is 10.3. The summed E-state index contributed by atoms with van der Waals surface area (Å²) >= 11 is 1.81. The van der Waals surface area contributed by atoms with E-state index in [4.69, 9.17) is 4.74 Å². The number of carbonyl (C=O) groups is 1. The number of nitrogens with zero attached hydrogens (tertiary/aromatic N) is 1. The van der Waals surface area contributed by atoms with E-state index in [0.29, 0.717) is 0 Å². The minimum atomic E-state index is -0.0821. The Morgan fingerprint density at radius 3 is 3.00 bits per heavy atom. The molecule has 0 aliphatic carbocycles. The molecule has 2 aliphatic rings. The van der Waals surface area contributed by atoms with Crippen molar-refractivity contribution in [2.24, 2.45) is 0 Å². The van der Waals surface area contributed by atoms with Crippen LogP contribution in [0.25, 0.3) is 0 Å². The summed E-state index contributed by atoms with van der Waals surface area (Å²) in [6, 6.07) is 2.22. The van der Waals surface area contributed by atoms with E-state index in [1.165, 1.54) is 10.4 Å². The monoisotopic (exact) mass is 237 g/mol. The molecule has 3 heterocycles. The van der Waals surface area contributed by atoms with Crippen molar-refractivity contribution in [1.82, 2.24) is 4.90 Å². The largest absolute Gasteiger partial charge is 0.369 e. The first-order valence-electron chi connectivity index (χ1n) is 5.74. The number of fused-ring (bicyclic) bond motifs is 2. The molecule has 0 saturated carbocycles. The Morgan fingerprint density at radius 2 is 2.25 bits per heavy atom. The van der Waals surface area contributed by atoms with Crippen LogP contribution in [0.3, 0.4) is 0 Å². The number of carbonyl (C=O) groups excluding carboxylic acids is 1. The Hall–Kier alpha value is -0.870. The highest BCUT2D eigenvalue weighted by Gasteiger charge is 2.41. The Morgan fingerprint density at radius 1 is 1.44 bits per heavy atom. The molecule has 3 rings (SSSR count). The summed E-state index contributed by atoms with van der Waals surface area (Å²) in [5.41, 5.74) is 1.37. The zero-order valence-electron chi connectivity index (χ0n) is 9.15. The fraction of sp³-hybridized carbons (Fsp3) is 0.583. The molecule has 4 heteroatoms. The number of likely N-dealkylation sites (tertiary alicyclic amines) is 1. The minimum Gasteiger partial charge on any atom is -0.369 e. The number of rotatable bonds is 1. The zero-order chi connectivity index (χ0) is 11.0. The van der Waals surface area contributed by atoms with Gasteiger partial charge in [-0.05, 0) is 36.3 Å². The number of hydrogen-bond donors (Lipinski definition) is 0. The molecule has 1 aromatic rings. The molecule has 0 N–H and O–H groups in total. The van der Waals surface area contributed by atoms with Gasteiger partial charge in [0.25, 0.3) is 0 Å². The predicted octanol–water partition coefficient (Wildman–Crippen LogP) is 1.77. The first-order valence-corrected chi connectivity index (χ1v) is 6.62. The molecule has 0 bridgehead atoms. The van der Waals surface area contributed by atoms with E-state index >= 15 is 0 Å². The second-order valence-corrected chi connectivity index (χ2v) is 5.43. The van der Waals surface area contributed by atoms with Gasteiger partial charge < -0.3 is 9.64 Å². The van der Waals surface area contributed by atoms with Gasteiger partial charge in [-0.25, -0.2) is 0 Å². The van der Waals surface area contributed by atoms with Crippen LogP contribution in [0.2, 0.25) is 0 Å². The Bertz CT molecular complexity index is 393. The van der Waals surface area contributed by atoms with Crippen LogP contribution < -0.4 is 0 Å². The second-order valence-electron chi connectivity index (χ2n) is 4.51. The van der Waals surface area contributed by atoms with Gasteiger partial charge in [0.15, 0.2) is 0 Å². The molecule has 1 fully saturated rings. The van der Waals surface area contributed by atoms with Gasteiger partial charge in [-0.1, -0.05) is 0 Å². The highest BCUT2D eigenvalue weighted by Crippen LogP contribution is 2.43. The fourth-order valence-corrected chi connectivity index (χ4v) is 3.88. The van der Waals surface area contributed by atoms with Crippen LogP contribution in [0.4, 0.5) is 0 Å². The van der Waals surface area contributed by atoms with E-state index in [1.807, 2.05) is 16.2 Å². The minimum absolute atomic E-state index is 0.0821. The smallest absolute Gasteiger partial charge is 0.209 e. The van der Waals surface area contributed by atoms with Crippen molar-refractivity contribution >= 4 is 17.7 Å². The summed E-state index contributed by atoms with van der Waals surface area (Å²) in [7, 11) is 0. The Balaban J connectivity index is 1.88. The second kappa shape index (κ2) is 3.86. The third kappa shape index (κ3) is 1.48. The van der Waals surface area contributed by atoms with Gasteiger partial charge in [0.1, 0.15) is 5.60 Å². The van der Waals surface area contributed by atoms with Crippen LogP contribution in [0.5, 0.6) is 0 Å². The molecule has 1 saturated heterocycles. The summed E-state index contributed by atoms with van der Waals surface area (Å²) in [6.45, 7) is 2.46. The lowest BCUT2D eigenvalue weighted by Crippen LogP contribution is -2.45. The van der Waals surface area contributed by atoms with E-state index in [-0.39, 0.29) is 5.60 Å². The third-order valence-electron chi connectivity index (χ3n) is 3.67. The quantitative estimate of drug-likeness (QED) is 0.697. The van der Waals surface area contributed by atoms with E-state index in [0.717, 1.165) is 45.4 Å². The van der Waals surface area contributed by atoms with Gasteiger partial charge in [-0.3, -0.25) is 4.79 Å². The van der Waals surface area contributed by atoms with E-state index in [9.17, 15) is 4.79 Å². The molecular formula is C12H15NO2S. The van der Waals surface area contributed by atoms with Crippen molar-refractivity contribution in [3.8, 4) is 0 Å². The standard InChI is InChI=1S/C12H15NO2S/c14-9-13-5-3-12(4-6-13)11-10(1-7-15-12)2-8-16-11/h2,8-9H,1,3-7H2. The summed E-state index contributed by atoms with van der Waals surface area (Å²) < 4.78 is 6.05. The molecule has 1 amide bonds. The zero-order valence-corrected chi connectivity index (χ0v) is 9.96. The molecule has 0 atom stereocenters. The van der Waals surface area contributed by atoms with Crippen molar-refractivity contribution in [2.45, 2.75) is 24.9 Å². The van der Waals surface area contributed by atoms with Gasteiger partial charge in [-0.15, -0.1) is 11.3 Å². The lowest BCUT2D eigenvalue weighted by atomic mass is 9.85. The highest BCUT2D eigenvalue weighted by atomic mass is 32.1. The molecule has 0 aromatic carbocycles. The van der Waals surface area contributed by atoms with E-state index in [1.54, 1.807) is 0 Å². The van der Waals surface area contributed by atoms with Crippen molar-refractivity contribution in [1.29, 1.82) is 0 Å². The van der Waals surface area contributed by atoms with E-state index in [2.05, 4.69) is 11.4 Å². The average Bonchev–Trinajstić information content (AvgIpc) is 2.80. The summed E-state index contributed by atoms with van der Waals surface area (Å²) in [5.74, 6) is 0. The number of piperidine rings is 1. The summed E-state index contributed by atoms with van der Waals surface area (Å²) in [6.07, 6.45) is 3.88. The Kier molecular flexibility index (Phi) is 2.48. The van der Waals surface area contributed by atoms with E-state index < -0.39 is 0 Å². The normalized spacial score (nSPS) is 23.1. The van der Waals surface area contributed by atoms with Gasteiger partial charge in [0.2, 0.25) is 6.41 Å². The molecule has 0 radical (unpaired) electrons. The van der Waals surface area contributed by atoms with Gasteiger partial charge in [0.05, 0.1) is 6.61 Å². The molecule has 1 spiro atoms. The maximum Gasteiger partial charge on any atom is 0.209 e. The highest BCUT2D eigenvalue weighted by molar-refractivity contribution is 7.10. The molecule has 86 valence electrons. The Labute approximate surface area is 99.0 Å². The predicted molar refractivity (Wildman–Crippen MR) is 62.5 cm³/mol. The number of hydrogen-bond acceptors (Lipinski definition) is 3. The van der Waals surface area contributed by atoms with Gasteiger partial charge in [-0.2, -0.15) is 0 Å². The SMILES string of the molecule is O=CN1CCC2(CC1)OCCc1ccsc12. The molecule has 2 aliphatic heterocycles. The van der Waals surface area contributed by atoms with Crippen LogP contribution in [0.1, 0.15) is 23.3 Å². The van der Waals surface area contributed by atoms with Crippen LogP contribution in [0.15, 0.2) is 11.4 Å². The van der Waals surface area contributed by atoms with Crippen LogP contribution in [0, 0.1) is 0 Å².